The van der Waals surface area contributed by atoms with E-state index in [1.54, 1.807) is 0 Å². The molecule has 2 aromatic carbocycles. The molecule has 2 aromatic rings. The van der Waals surface area contributed by atoms with E-state index >= 15 is 0 Å². The third-order valence-electron chi connectivity index (χ3n) is 5.45. The van der Waals surface area contributed by atoms with Gasteiger partial charge in [0.25, 0.3) is 0 Å². The van der Waals surface area contributed by atoms with E-state index in [1.807, 2.05) is 18.2 Å². The molecule has 30 heavy (non-hydrogen) atoms. The Balaban J connectivity index is 1.58. The van der Waals surface area contributed by atoms with Crippen molar-refractivity contribution in [2.75, 3.05) is 45.9 Å². The summed E-state index contributed by atoms with van der Waals surface area (Å²) >= 11 is 6.09. The fourth-order valence-corrected chi connectivity index (χ4v) is 3.98. The number of carbonyl (C=O) groups excluding carboxylic acids is 1. The lowest BCUT2D eigenvalue weighted by atomic mass is 9.96. The first kappa shape index (κ1) is 22.7. The lowest BCUT2D eigenvalue weighted by Crippen LogP contribution is -2.49. The average molecular weight is 432 g/mol. The molecular formula is C23H28ClN2O4-. The number of nitrogens with zero attached hydrogens (tertiary/aromatic N) is 2. The van der Waals surface area contributed by atoms with E-state index in [9.17, 15) is 9.90 Å². The molecule has 1 N–H and O–H groups in total. The number of piperazine rings is 1. The van der Waals surface area contributed by atoms with Gasteiger partial charge in [-0.2, -0.15) is 0 Å². The van der Waals surface area contributed by atoms with Crippen LogP contribution in [-0.4, -0.2) is 72.9 Å². The van der Waals surface area contributed by atoms with E-state index < -0.39 is 12.1 Å². The Kier molecular flexibility index (Phi) is 8.66. The summed E-state index contributed by atoms with van der Waals surface area (Å²) in [5.41, 5.74) is 2.46. The summed E-state index contributed by atoms with van der Waals surface area (Å²) in [6, 6.07) is 18.6. The maximum Gasteiger partial charge on any atom is 0.0990 e. The van der Waals surface area contributed by atoms with E-state index in [4.69, 9.17) is 21.4 Å². The van der Waals surface area contributed by atoms with Crippen molar-refractivity contribution >= 4 is 17.6 Å². The van der Waals surface area contributed by atoms with Gasteiger partial charge in [-0.15, -0.1) is 0 Å². The van der Waals surface area contributed by atoms with E-state index in [-0.39, 0.29) is 19.1 Å². The van der Waals surface area contributed by atoms with Gasteiger partial charge in [0.1, 0.15) is 0 Å². The van der Waals surface area contributed by atoms with E-state index in [2.05, 4.69) is 46.2 Å². The molecular weight excluding hydrogens is 404 g/mol. The highest BCUT2D eigenvalue weighted by Crippen LogP contribution is 2.30. The predicted octanol–water partition coefficient (Wildman–Crippen LogP) is 1.56. The molecule has 0 amide bonds. The SMILES string of the molecule is O=C([O-])[C@@H](CCO)OCCN1CCN(C(c2ccccc2)c2ccc(Cl)cc2)CC1. The highest BCUT2D eigenvalue weighted by molar-refractivity contribution is 6.30. The van der Waals surface area contributed by atoms with Crippen molar-refractivity contribution in [1.82, 2.24) is 9.80 Å². The maximum atomic E-state index is 11.0. The molecule has 3 rings (SSSR count). The summed E-state index contributed by atoms with van der Waals surface area (Å²) < 4.78 is 5.38. The van der Waals surface area contributed by atoms with Crippen LogP contribution in [0.5, 0.6) is 0 Å². The fourth-order valence-electron chi connectivity index (χ4n) is 3.85. The minimum absolute atomic E-state index is 0.0515. The van der Waals surface area contributed by atoms with Crippen molar-refractivity contribution in [1.29, 1.82) is 0 Å². The Morgan fingerprint density at radius 2 is 1.67 bits per heavy atom. The van der Waals surface area contributed by atoms with Crippen molar-refractivity contribution in [3.05, 3.63) is 70.7 Å². The number of carboxylic acids is 1. The van der Waals surface area contributed by atoms with Gasteiger partial charge in [-0.05, 0) is 23.3 Å². The Morgan fingerprint density at radius 1 is 1.03 bits per heavy atom. The van der Waals surface area contributed by atoms with Gasteiger partial charge in [0, 0.05) is 50.8 Å². The number of hydrogen-bond donors (Lipinski definition) is 1. The first-order valence-corrected chi connectivity index (χ1v) is 10.7. The standard InChI is InChI=1S/C23H29ClN2O4/c24-20-8-6-19(7-9-20)22(18-4-2-1-3-5-18)26-13-11-25(12-14-26)15-17-30-21(10-16-27)23(28)29/h1-9,21-22,27H,10-17H2,(H,28,29)/p-1/t21-,22?/m1/s1. The summed E-state index contributed by atoms with van der Waals surface area (Å²) in [7, 11) is 0. The van der Waals surface area contributed by atoms with E-state index in [0.29, 0.717) is 13.2 Å². The second-order valence-electron chi connectivity index (χ2n) is 7.43. The topological polar surface area (TPSA) is 76.1 Å². The third kappa shape index (κ3) is 6.27. The first-order chi connectivity index (χ1) is 14.6. The number of hydrogen-bond acceptors (Lipinski definition) is 6. The molecule has 0 aromatic heterocycles. The van der Waals surface area contributed by atoms with Gasteiger partial charge in [-0.1, -0.05) is 54.1 Å². The number of ether oxygens (including phenoxy) is 1. The Morgan fingerprint density at radius 3 is 2.27 bits per heavy atom. The van der Waals surface area contributed by atoms with Crippen LogP contribution in [0.3, 0.4) is 0 Å². The van der Waals surface area contributed by atoms with Gasteiger partial charge in [0.15, 0.2) is 0 Å². The highest BCUT2D eigenvalue weighted by Gasteiger charge is 2.26. The zero-order chi connectivity index (χ0) is 21.3. The number of aliphatic carboxylic acids is 1. The molecule has 1 aliphatic rings. The quantitative estimate of drug-likeness (QED) is 0.615. The van der Waals surface area contributed by atoms with E-state index in [0.717, 1.165) is 31.2 Å². The molecule has 0 spiro atoms. The zero-order valence-electron chi connectivity index (χ0n) is 17.0. The van der Waals surface area contributed by atoms with Crippen molar-refractivity contribution < 1.29 is 19.7 Å². The largest absolute Gasteiger partial charge is 0.547 e. The predicted molar refractivity (Wildman–Crippen MR) is 114 cm³/mol. The molecule has 0 saturated carbocycles. The molecule has 162 valence electrons. The van der Waals surface area contributed by atoms with Crippen LogP contribution in [0.2, 0.25) is 5.02 Å². The summed E-state index contributed by atoms with van der Waals surface area (Å²) in [4.78, 5) is 15.7. The molecule has 2 atom stereocenters. The summed E-state index contributed by atoms with van der Waals surface area (Å²) in [6.45, 7) is 4.25. The number of carbonyl (C=O) groups is 1. The molecule has 7 heteroatoms. The normalized spacial score (nSPS) is 17.5. The van der Waals surface area contributed by atoms with Crippen LogP contribution in [0, 0.1) is 0 Å². The average Bonchev–Trinajstić information content (AvgIpc) is 2.76. The molecule has 0 bridgehead atoms. The second-order valence-corrected chi connectivity index (χ2v) is 7.87. The molecule has 1 aliphatic heterocycles. The summed E-state index contributed by atoms with van der Waals surface area (Å²) in [5.74, 6) is -1.28. The lowest BCUT2D eigenvalue weighted by molar-refractivity contribution is -0.317. The molecule has 1 saturated heterocycles. The molecule has 0 aliphatic carbocycles. The highest BCUT2D eigenvalue weighted by atomic mass is 35.5. The lowest BCUT2D eigenvalue weighted by Gasteiger charge is -2.40. The fraction of sp³-hybridized carbons (Fsp3) is 0.435. The van der Waals surface area contributed by atoms with Crippen LogP contribution in [0.1, 0.15) is 23.6 Å². The van der Waals surface area contributed by atoms with Crippen LogP contribution in [-0.2, 0) is 9.53 Å². The number of aliphatic hydroxyl groups excluding tert-OH is 1. The molecule has 1 fully saturated rings. The van der Waals surface area contributed by atoms with Gasteiger partial charge in [0.05, 0.1) is 24.7 Å². The van der Waals surface area contributed by atoms with Gasteiger partial charge >= 0.3 is 0 Å². The van der Waals surface area contributed by atoms with Crippen LogP contribution < -0.4 is 5.11 Å². The molecule has 1 unspecified atom stereocenters. The van der Waals surface area contributed by atoms with Crippen LogP contribution in [0.4, 0.5) is 0 Å². The van der Waals surface area contributed by atoms with Gasteiger partial charge < -0.3 is 19.7 Å². The number of carboxylic acid groups (broad SMARTS) is 1. The van der Waals surface area contributed by atoms with Crippen molar-refractivity contribution in [2.24, 2.45) is 0 Å². The number of halogens is 1. The minimum Gasteiger partial charge on any atom is -0.547 e. The van der Waals surface area contributed by atoms with Gasteiger partial charge in [-0.25, -0.2) is 0 Å². The van der Waals surface area contributed by atoms with Crippen LogP contribution in [0.15, 0.2) is 54.6 Å². The summed E-state index contributed by atoms with van der Waals surface area (Å²) in [6.07, 6.45) is -1.00. The Hall–Kier alpha value is -1.96. The van der Waals surface area contributed by atoms with Gasteiger partial charge in [0.2, 0.25) is 0 Å². The van der Waals surface area contributed by atoms with Crippen LogP contribution >= 0.6 is 11.6 Å². The van der Waals surface area contributed by atoms with E-state index in [1.165, 1.54) is 11.1 Å². The third-order valence-corrected chi connectivity index (χ3v) is 5.71. The van der Waals surface area contributed by atoms with Crippen molar-refractivity contribution in [3.8, 4) is 0 Å². The Bertz CT molecular complexity index is 780. The molecule has 0 radical (unpaired) electrons. The second kappa shape index (κ2) is 11.4. The molecule has 6 nitrogen and oxygen atoms in total. The zero-order valence-corrected chi connectivity index (χ0v) is 17.7. The maximum absolute atomic E-state index is 11.0. The number of aliphatic hydroxyl groups is 1. The van der Waals surface area contributed by atoms with Crippen LogP contribution in [0.25, 0.3) is 0 Å². The van der Waals surface area contributed by atoms with Crippen molar-refractivity contribution in [3.63, 3.8) is 0 Å². The number of benzene rings is 2. The van der Waals surface area contributed by atoms with Crippen molar-refractivity contribution in [2.45, 2.75) is 18.6 Å². The smallest absolute Gasteiger partial charge is 0.0990 e. The first-order valence-electron chi connectivity index (χ1n) is 10.3. The summed E-state index contributed by atoms with van der Waals surface area (Å²) in [5, 5.41) is 20.7. The molecule has 1 heterocycles. The number of rotatable bonds is 10. The minimum atomic E-state index is -1.28. The van der Waals surface area contributed by atoms with Gasteiger partial charge in [-0.3, -0.25) is 9.80 Å². The Labute approximate surface area is 182 Å². The monoisotopic (exact) mass is 431 g/mol.